The summed E-state index contributed by atoms with van der Waals surface area (Å²) < 4.78 is 2.19. The summed E-state index contributed by atoms with van der Waals surface area (Å²) in [5, 5.41) is 3.08. The van der Waals surface area contributed by atoms with Crippen molar-refractivity contribution in [2.45, 2.75) is 0 Å². The van der Waals surface area contributed by atoms with Gasteiger partial charge in [-0.25, -0.2) is 0 Å². The van der Waals surface area contributed by atoms with Crippen molar-refractivity contribution in [1.82, 2.24) is 9.62 Å². The Kier molecular flexibility index (Phi) is 5.59. The minimum Gasteiger partial charge on any atom is -0.318 e. The van der Waals surface area contributed by atoms with Gasteiger partial charge in [0, 0.05) is 13.1 Å². The summed E-state index contributed by atoms with van der Waals surface area (Å²) in [6.07, 6.45) is 2.08. The highest BCUT2D eigenvalue weighted by Crippen LogP contribution is 1.96. The third-order valence-electron chi connectivity index (χ3n) is 0.988. The second-order valence-electron chi connectivity index (χ2n) is 1.64. The number of nitrogens with zero attached hydrogens (tertiary/aromatic N) is 1. The smallest absolute Gasteiger partial charge is 0.0211 e. The van der Waals surface area contributed by atoms with Crippen LogP contribution in [-0.2, 0) is 0 Å². The zero-order valence-corrected chi connectivity index (χ0v) is 6.59. The van der Waals surface area contributed by atoms with Crippen molar-refractivity contribution in [2.75, 3.05) is 33.4 Å². The lowest BCUT2D eigenvalue weighted by Gasteiger charge is -2.10. The molecule has 0 saturated heterocycles. The summed E-state index contributed by atoms with van der Waals surface area (Å²) in [4.78, 5) is 0. The number of rotatable bonds is 4. The van der Waals surface area contributed by atoms with Gasteiger partial charge in [0.25, 0.3) is 0 Å². The van der Waals surface area contributed by atoms with E-state index in [0.717, 1.165) is 13.1 Å². The van der Waals surface area contributed by atoms with Crippen LogP contribution in [0.4, 0.5) is 0 Å². The largest absolute Gasteiger partial charge is 0.318 e. The molecule has 0 aliphatic carbocycles. The van der Waals surface area contributed by atoms with Crippen LogP contribution in [0.15, 0.2) is 0 Å². The van der Waals surface area contributed by atoms with Gasteiger partial charge >= 0.3 is 0 Å². The van der Waals surface area contributed by atoms with Gasteiger partial charge in [-0.3, -0.25) is 4.31 Å². The van der Waals surface area contributed by atoms with E-state index in [9.17, 15) is 0 Å². The lowest BCUT2D eigenvalue weighted by molar-refractivity contribution is 0.550. The Balaban J connectivity index is 2.86. The Morgan fingerprint density at radius 3 is 2.62 bits per heavy atom. The fraction of sp³-hybridized carbons (Fsp3) is 1.00. The zero-order chi connectivity index (χ0) is 6.41. The SMILES string of the molecule is CNCCN(C)SC. The van der Waals surface area contributed by atoms with Gasteiger partial charge < -0.3 is 5.32 Å². The molecule has 0 aliphatic heterocycles. The zero-order valence-electron chi connectivity index (χ0n) is 5.77. The van der Waals surface area contributed by atoms with Gasteiger partial charge in [0.05, 0.1) is 0 Å². The van der Waals surface area contributed by atoms with Gasteiger partial charge in [0.2, 0.25) is 0 Å². The Labute approximate surface area is 55.8 Å². The lowest BCUT2D eigenvalue weighted by atomic mass is 10.6. The molecular weight excluding hydrogens is 120 g/mol. The summed E-state index contributed by atoms with van der Waals surface area (Å²) in [6.45, 7) is 2.18. The first-order valence-electron chi connectivity index (χ1n) is 2.71. The maximum absolute atomic E-state index is 3.08. The predicted molar refractivity (Wildman–Crippen MR) is 40.1 cm³/mol. The quantitative estimate of drug-likeness (QED) is 0.561. The highest BCUT2D eigenvalue weighted by Gasteiger charge is 1.89. The summed E-state index contributed by atoms with van der Waals surface area (Å²) in [5.41, 5.74) is 0. The molecule has 0 unspecified atom stereocenters. The third-order valence-corrected chi connectivity index (χ3v) is 1.79. The fourth-order valence-corrected chi connectivity index (χ4v) is 0.634. The van der Waals surface area contributed by atoms with Crippen LogP contribution in [0.1, 0.15) is 0 Å². The summed E-state index contributed by atoms with van der Waals surface area (Å²) >= 11 is 1.76. The number of nitrogens with one attached hydrogen (secondary N) is 1. The minimum atomic E-state index is 1.07. The van der Waals surface area contributed by atoms with Crippen molar-refractivity contribution < 1.29 is 0 Å². The van der Waals surface area contributed by atoms with Gasteiger partial charge in [-0.1, -0.05) is 11.9 Å². The Morgan fingerprint density at radius 2 is 2.25 bits per heavy atom. The predicted octanol–water partition coefficient (Wildman–Crippen LogP) is 0.416. The Hall–Kier alpha value is 0.270. The Morgan fingerprint density at radius 1 is 1.62 bits per heavy atom. The number of likely N-dealkylation sites (N-methyl/N-ethyl adjacent to an activating group) is 2. The van der Waals surface area contributed by atoms with Crippen LogP contribution in [0.5, 0.6) is 0 Å². The molecule has 0 radical (unpaired) electrons. The molecule has 50 valence electrons. The molecule has 1 N–H and O–H groups in total. The van der Waals surface area contributed by atoms with Gasteiger partial charge in [-0.05, 0) is 20.4 Å². The van der Waals surface area contributed by atoms with E-state index < -0.39 is 0 Å². The minimum absolute atomic E-state index is 1.07. The third kappa shape index (κ3) is 4.43. The Bertz CT molecular complexity index is 49.7. The highest BCUT2D eigenvalue weighted by molar-refractivity contribution is 7.96. The van der Waals surface area contributed by atoms with Gasteiger partial charge in [-0.2, -0.15) is 0 Å². The van der Waals surface area contributed by atoms with E-state index >= 15 is 0 Å². The second kappa shape index (κ2) is 5.41. The molecule has 0 bridgehead atoms. The normalized spacial score (nSPS) is 10.5. The van der Waals surface area contributed by atoms with Crippen LogP contribution in [0.2, 0.25) is 0 Å². The van der Waals surface area contributed by atoms with Gasteiger partial charge in [-0.15, -0.1) is 0 Å². The summed E-state index contributed by atoms with van der Waals surface area (Å²) in [5.74, 6) is 0. The van der Waals surface area contributed by atoms with Crippen LogP contribution in [0, 0.1) is 0 Å². The molecule has 8 heavy (non-hydrogen) atoms. The molecule has 0 amide bonds. The van der Waals surface area contributed by atoms with Crippen LogP contribution < -0.4 is 5.32 Å². The van der Waals surface area contributed by atoms with E-state index in [0.29, 0.717) is 0 Å². The van der Waals surface area contributed by atoms with E-state index in [1.165, 1.54) is 0 Å². The molecule has 0 fully saturated rings. The highest BCUT2D eigenvalue weighted by atomic mass is 32.2. The van der Waals surface area contributed by atoms with Crippen molar-refractivity contribution in [1.29, 1.82) is 0 Å². The molecular formula is C5H14N2S. The molecule has 0 aromatic rings. The van der Waals surface area contributed by atoms with E-state index in [2.05, 4.69) is 22.9 Å². The molecule has 0 aromatic heterocycles. The summed E-state index contributed by atoms with van der Waals surface area (Å²) in [6, 6.07) is 0. The molecule has 0 spiro atoms. The standard InChI is InChI=1S/C5H14N2S/c1-6-4-5-7(2)8-3/h6H,4-5H2,1-3H3. The van der Waals surface area contributed by atoms with Crippen LogP contribution in [-0.4, -0.2) is 37.7 Å². The molecule has 2 nitrogen and oxygen atoms in total. The molecule has 3 heteroatoms. The maximum atomic E-state index is 3.08. The maximum Gasteiger partial charge on any atom is 0.0211 e. The van der Waals surface area contributed by atoms with Gasteiger partial charge in [0.1, 0.15) is 0 Å². The topological polar surface area (TPSA) is 15.3 Å². The first kappa shape index (κ1) is 8.27. The fourth-order valence-electron chi connectivity index (χ4n) is 0.361. The van der Waals surface area contributed by atoms with Crippen molar-refractivity contribution in [3.63, 3.8) is 0 Å². The van der Waals surface area contributed by atoms with Crippen molar-refractivity contribution >= 4 is 11.9 Å². The molecule has 0 aromatic carbocycles. The van der Waals surface area contributed by atoms with E-state index in [1.54, 1.807) is 11.9 Å². The van der Waals surface area contributed by atoms with Gasteiger partial charge in [0.15, 0.2) is 0 Å². The monoisotopic (exact) mass is 134 g/mol. The molecule has 0 rings (SSSR count). The van der Waals surface area contributed by atoms with E-state index in [-0.39, 0.29) is 0 Å². The van der Waals surface area contributed by atoms with E-state index in [1.807, 2.05) is 7.05 Å². The first-order chi connectivity index (χ1) is 3.81. The first-order valence-corrected chi connectivity index (χ1v) is 3.89. The molecule has 0 aliphatic rings. The second-order valence-corrected chi connectivity index (χ2v) is 2.63. The van der Waals surface area contributed by atoms with Crippen LogP contribution in [0.3, 0.4) is 0 Å². The number of hydrogen-bond donors (Lipinski definition) is 1. The molecule has 0 saturated carbocycles. The molecule has 0 atom stereocenters. The van der Waals surface area contributed by atoms with Crippen LogP contribution in [0.25, 0.3) is 0 Å². The van der Waals surface area contributed by atoms with Crippen molar-refractivity contribution in [2.24, 2.45) is 0 Å². The van der Waals surface area contributed by atoms with Crippen LogP contribution >= 0.6 is 11.9 Å². The van der Waals surface area contributed by atoms with E-state index in [4.69, 9.17) is 0 Å². The average Bonchev–Trinajstić information content (AvgIpc) is 1.83. The summed E-state index contributed by atoms with van der Waals surface area (Å²) in [7, 11) is 4.05. The number of hydrogen-bond acceptors (Lipinski definition) is 3. The van der Waals surface area contributed by atoms with Crippen molar-refractivity contribution in [3.8, 4) is 0 Å². The average molecular weight is 134 g/mol. The lowest BCUT2D eigenvalue weighted by Crippen LogP contribution is -2.21. The molecule has 0 heterocycles. The van der Waals surface area contributed by atoms with Crippen molar-refractivity contribution in [3.05, 3.63) is 0 Å².